The summed E-state index contributed by atoms with van der Waals surface area (Å²) in [7, 11) is 0. The Hall–Kier alpha value is -5.00. The lowest BCUT2D eigenvalue weighted by molar-refractivity contribution is 1.50. The molecule has 5 aromatic carbocycles. The molecule has 4 N–H and O–H groups in total. The van der Waals surface area contributed by atoms with Crippen molar-refractivity contribution in [1.29, 1.82) is 0 Å². The summed E-state index contributed by atoms with van der Waals surface area (Å²) in [5, 5.41) is 1.45. The van der Waals surface area contributed by atoms with E-state index < -0.39 is 0 Å². The molecule has 2 heteroatoms. The molecular weight excluding hydrogens is 436 g/mol. The summed E-state index contributed by atoms with van der Waals surface area (Å²) in [6.07, 6.45) is 0. The van der Waals surface area contributed by atoms with Gasteiger partial charge in [0, 0.05) is 22.5 Å². The van der Waals surface area contributed by atoms with Gasteiger partial charge in [0.2, 0.25) is 0 Å². The highest BCUT2D eigenvalue weighted by Crippen LogP contribution is 2.23. The van der Waals surface area contributed by atoms with Gasteiger partial charge in [-0.05, 0) is 34.4 Å². The average Bonchev–Trinajstić information content (AvgIpc) is 2.95. The molecule has 0 radical (unpaired) electrons. The van der Waals surface area contributed by atoms with E-state index >= 15 is 0 Å². The number of nitrogens with two attached hydrogens (primary N) is 2. The van der Waals surface area contributed by atoms with Crippen molar-refractivity contribution < 1.29 is 0 Å². The number of rotatable bonds is 4. The second-order valence-corrected chi connectivity index (χ2v) is 8.46. The van der Waals surface area contributed by atoms with Crippen molar-refractivity contribution in [2.75, 3.05) is 11.5 Å². The van der Waals surface area contributed by atoms with Crippen molar-refractivity contribution in [3.63, 3.8) is 0 Å². The molecular formula is C34H26N2. The third-order valence-electron chi connectivity index (χ3n) is 6.02. The summed E-state index contributed by atoms with van der Waals surface area (Å²) < 4.78 is 0. The van der Waals surface area contributed by atoms with Crippen LogP contribution in [-0.4, -0.2) is 0 Å². The highest BCUT2D eigenvalue weighted by Gasteiger charge is 2.07. The van der Waals surface area contributed by atoms with E-state index in [9.17, 15) is 0 Å². The van der Waals surface area contributed by atoms with Crippen LogP contribution in [0.2, 0.25) is 0 Å². The largest absolute Gasteiger partial charge is 0.398 e. The molecule has 172 valence electrons. The topological polar surface area (TPSA) is 52.0 Å². The van der Waals surface area contributed by atoms with Crippen molar-refractivity contribution in [1.82, 2.24) is 0 Å². The predicted octanol–water partition coefficient (Wildman–Crippen LogP) is 5.87. The van der Waals surface area contributed by atoms with E-state index in [1.807, 2.05) is 84.9 Å². The molecule has 36 heavy (non-hydrogen) atoms. The summed E-state index contributed by atoms with van der Waals surface area (Å²) in [6.45, 7) is 0. The van der Waals surface area contributed by atoms with Crippen LogP contribution >= 0.6 is 0 Å². The Balaban J connectivity index is 2.00. The molecule has 0 atom stereocenters. The lowest BCUT2D eigenvalue weighted by atomic mass is 9.97. The van der Waals surface area contributed by atoms with Crippen LogP contribution in [0.3, 0.4) is 0 Å². The van der Waals surface area contributed by atoms with Gasteiger partial charge in [-0.2, -0.15) is 0 Å². The highest BCUT2D eigenvalue weighted by atomic mass is 14.6. The van der Waals surface area contributed by atoms with Crippen molar-refractivity contribution in [2.45, 2.75) is 0 Å². The summed E-state index contributed by atoms with van der Waals surface area (Å²) in [4.78, 5) is 0. The quantitative estimate of drug-likeness (QED) is 0.328. The monoisotopic (exact) mass is 462 g/mol. The van der Waals surface area contributed by atoms with Crippen LogP contribution in [0.5, 0.6) is 0 Å². The molecule has 0 saturated carbocycles. The van der Waals surface area contributed by atoms with Gasteiger partial charge in [-0.15, -0.1) is 11.5 Å². The fourth-order valence-electron chi connectivity index (χ4n) is 4.20. The van der Waals surface area contributed by atoms with Crippen LogP contribution in [0.15, 0.2) is 133 Å². The van der Waals surface area contributed by atoms with Crippen molar-refractivity contribution in [3.05, 3.63) is 166 Å². The molecule has 2 nitrogen and oxygen atoms in total. The van der Waals surface area contributed by atoms with Crippen LogP contribution in [0.4, 0.5) is 11.4 Å². The Morgan fingerprint density at radius 3 is 0.861 bits per heavy atom. The van der Waals surface area contributed by atoms with Crippen LogP contribution in [-0.2, 0) is 0 Å². The van der Waals surface area contributed by atoms with Crippen LogP contribution < -0.4 is 21.9 Å². The maximum absolute atomic E-state index is 6.57. The van der Waals surface area contributed by atoms with Gasteiger partial charge in [0.1, 0.15) is 0 Å². The number of hydrogen-bond acceptors (Lipinski definition) is 2. The summed E-state index contributed by atoms with van der Waals surface area (Å²) in [5.74, 6) is 0. The second-order valence-electron chi connectivity index (χ2n) is 8.46. The summed E-state index contributed by atoms with van der Waals surface area (Å²) in [5.41, 5.74) is 27.7. The van der Waals surface area contributed by atoms with Gasteiger partial charge >= 0.3 is 0 Å². The Labute approximate surface area is 211 Å². The molecule has 0 bridgehead atoms. The number of nitrogen functional groups attached to an aromatic ring is 2. The molecule has 0 saturated heterocycles. The second kappa shape index (κ2) is 10.5. The first kappa shape index (κ1) is 22.8. The van der Waals surface area contributed by atoms with Gasteiger partial charge in [-0.25, -0.2) is 0 Å². The number of benzene rings is 5. The maximum Gasteiger partial charge on any atom is 0.0572 e. The van der Waals surface area contributed by atoms with Crippen LogP contribution in [0.25, 0.3) is 22.6 Å². The minimum absolute atomic E-state index is 0.594. The van der Waals surface area contributed by atoms with Gasteiger partial charge < -0.3 is 11.5 Å². The molecule has 5 aromatic rings. The normalized spacial score (nSPS) is 10.2. The summed E-state index contributed by atoms with van der Waals surface area (Å²) in [6, 6.07) is 44.6. The fraction of sp³-hybridized carbons (Fsp3) is 0. The summed E-state index contributed by atoms with van der Waals surface area (Å²) >= 11 is 0. The molecule has 0 amide bonds. The molecule has 5 rings (SSSR count). The molecule has 0 aliphatic carbocycles. The van der Waals surface area contributed by atoms with Crippen LogP contribution in [0.1, 0.15) is 22.3 Å². The molecule has 0 aliphatic rings. The van der Waals surface area contributed by atoms with Crippen molar-refractivity contribution >= 4 is 34.0 Å². The molecule has 0 heterocycles. The molecule has 0 unspecified atom stereocenters. The van der Waals surface area contributed by atoms with Gasteiger partial charge in [0.05, 0.1) is 10.4 Å². The van der Waals surface area contributed by atoms with Crippen LogP contribution in [0, 0.1) is 0 Å². The fourth-order valence-corrected chi connectivity index (χ4v) is 4.20. The zero-order chi connectivity index (χ0) is 24.7. The van der Waals surface area contributed by atoms with Gasteiger partial charge in [-0.3, -0.25) is 0 Å². The standard InChI is InChI=1S/C34H26N2/c35-33-21-22-34(36)32(24-30(27-17-9-3-10-18-27)28-19-11-4-12-20-28)31(33)23-29(25-13-5-1-6-14-25)26-15-7-2-8-16-26/h1-22H,35-36H2. The smallest absolute Gasteiger partial charge is 0.0572 e. The first-order valence-corrected chi connectivity index (χ1v) is 11.9. The van der Waals surface area contributed by atoms with Crippen molar-refractivity contribution in [2.24, 2.45) is 0 Å². The van der Waals surface area contributed by atoms with E-state index in [0.717, 1.165) is 43.8 Å². The van der Waals surface area contributed by atoms with E-state index in [2.05, 4.69) is 60.0 Å². The minimum Gasteiger partial charge on any atom is -0.398 e. The first-order chi connectivity index (χ1) is 17.7. The predicted molar refractivity (Wildman–Crippen MR) is 152 cm³/mol. The Morgan fingerprint density at radius 2 is 0.611 bits per heavy atom. The van der Waals surface area contributed by atoms with Crippen molar-refractivity contribution in [3.8, 4) is 0 Å². The third-order valence-corrected chi connectivity index (χ3v) is 6.02. The molecule has 0 fully saturated rings. The molecule has 0 spiro atoms. The van der Waals surface area contributed by atoms with E-state index in [0.29, 0.717) is 11.4 Å². The average molecular weight is 463 g/mol. The van der Waals surface area contributed by atoms with E-state index in [1.165, 1.54) is 0 Å². The highest BCUT2D eigenvalue weighted by molar-refractivity contribution is 5.89. The third kappa shape index (κ3) is 4.92. The first-order valence-electron chi connectivity index (χ1n) is 11.9. The molecule has 0 aliphatic heterocycles. The Morgan fingerprint density at radius 1 is 0.361 bits per heavy atom. The minimum atomic E-state index is 0.594. The SMILES string of the molecule is Nc1ccc(N)c(=C=C(c2ccccc2)c2ccccc2)c1=C=C(c1ccccc1)c1ccccc1. The zero-order valence-electron chi connectivity index (χ0n) is 19.9. The van der Waals surface area contributed by atoms with Gasteiger partial charge in [0.15, 0.2) is 0 Å². The molecule has 0 aromatic heterocycles. The lowest BCUT2D eigenvalue weighted by Gasteiger charge is -2.07. The Kier molecular flexibility index (Phi) is 6.65. The van der Waals surface area contributed by atoms with E-state index in [-0.39, 0.29) is 0 Å². The van der Waals surface area contributed by atoms with E-state index in [1.54, 1.807) is 0 Å². The number of anilines is 2. The van der Waals surface area contributed by atoms with Gasteiger partial charge in [0.25, 0.3) is 0 Å². The zero-order valence-corrected chi connectivity index (χ0v) is 19.9. The lowest BCUT2D eigenvalue weighted by Crippen LogP contribution is -2.29. The van der Waals surface area contributed by atoms with Gasteiger partial charge in [-0.1, -0.05) is 121 Å². The Bertz CT molecular complexity index is 1460. The maximum atomic E-state index is 6.57. The van der Waals surface area contributed by atoms with E-state index in [4.69, 9.17) is 11.5 Å². The number of hydrogen-bond donors (Lipinski definition) is 2.